The van der Waals surface area contributed by atoms with E-state index in [2.05, 4.69) is 10.1 Å². The molecule has 2 aromatic carbocycles. The van der Waals surface area contributed by atoms with Crippen LogP contribution in [0, 0.1) is 5.82 Å². The number of H-pyrrole nitrogens is 1. The Morgan fingerprint density at radius 3 is 2.62 bits per heavy atom. The van der Waals surface area contributed by atoms with Gasteiger partial charge >= 0.3 is 5.69 Å². The van der Waals surface area contributed by atoms with E-state index in [1.54, 1.807) is 36.4 Å². The first kappa shape index (κ1) is 16.3. The summed E-state index contributed by atoms with van der Waals surface area (Å²) in [4.78, 5) is 29.1. The lowest BCUT2D eigenvalue weighted by Crippen LogP contribution is -2.32. The first-order chi connectivity index (χ1) is 12.6. The summed E-state index contributed by atoms with van der Waals surface area (Å²) < 4.78 is 15.1. The van der Waals surface area contributed by atoms with Crippen LogP contribution >= 0.6 is 0 Å². The fourth-order valence-corrected chi connectivity index (χ4v) is 3.20. The fourth-order valence-electron chi connectivity index (χ4n) is 3.20. The summed E-state index contributed by atoms with van der Waals surface area (Å²) in [5, 5.41) is 4.31. The van der Waals surface area contributed by atoms with Crippen LogP contribution in [0.4, 0.5) is 10.1 Å². The third kappa shape index (κ3) is 2.92. The molecule has 0 unspecified atom stereocenters. The molecule has 3 aromatic rings. The molecule has 1 N–H and O–H groups in total. The third-order valence-electron chi connectivity index (χ3n) is 4.52. The number of nitrogens with one attached hydrogen (secondary N) is 1. The van der Waals surface area contributed by atoms with Crippen LogP contribution in [-0.4, -0.2) is 29.0 Å². The fraction of sp³-hybridized carbons (Fsp3) is 0.211. The van der Waals surface area contributed by atoms with Crippen molar-refractivity contribution >= 4 is 22.8 Å². The van der Waals surface area contributed by atoms with Crippen molar-refractivity contribution in [3.05, 3.63) is 74.7 Å². The van der Waals surface area contributed by atoms with Crippen molar-refractivity contribution in [1.82, 2.24) is 9.66 Å². The number of aromatic amines is 1. The van der Waals surface area contributed by atoms with Gasteiger partial charge in [0, 0.05) is 13.1 Å². The zero-order valence-corrected chi connectivity index (χ0v) is 14.0. The van der Waals surface area contributed by atoms with Gasteiger partial charge in [-0.1, -0.05) is 18.2 Å². The van der Waals surface area contributed by atoms with E-state index in [4.69, 9.17) is 0 Å². The Hall–Kier alpha value is -3.22. The van der Waals surface area contributed by atoms with Crippen LogP contribution in [0.5, 0.6) is 0 Å². The Balaban J connectivity index is 1.68. The minimum absolute atomic E-state index is 0.337. The number of anilines is 1. The van der Waals surface area contributed by atoms with Gasteiger partial charge in [-0.05, 0) is 42.7 Å². The van der Waals surface area contributed by atoms with Gasteiger partial charge in [-0.15, -0.1) is 4.68 Å². The van der Waals surface area contributed by atoms with Crippen molar-refractivity contribution < 1.29 is 4.39 Å². The van der Waals surface area contributed by atoms with E-state index in [1.807, 2.05) is 4.90 Å². The molecular formula is C19H17FN4O2. The van der Waals surface area contributed by atoms with Crippen LogP contribution in [-0.2, 0) is 0 Å². The van der Waals surface area contributed by atoms with E-state index in [9.17, 15) is 14.0 Å². The van der Waals surface area contributed by atoms with Gasteiger partial charge < -0.3 is 9.88 Å². The SMILES string of the molecule is O=c1[nH]c2ccccc2c(=O)n1N=Cc1ccc(N2CCCC2)c(F)c1. The number of fused-ring (bicyclic) bond motifs is 1. The number of para-hydroxylation sites is 1. The van der Waals surface area contributed by atoms with Crippen LogP contribution in [0.15, 0.2) is 57.2 Å². The molecule has 0 bridgehead atoms. The van der Waals surface area contributed by atoms with Crippen molar-refractivity contribution in [1.29, 1.82) is 0 Å². The zero-order valence-electron chi connectivity index (χ0n) is 14.0. The number of nitrogens with zero attached hydrogens (tertiary/aromatic N) is 3. The first-order valence-electron chi connectivity index (χ1n) is 8.46. The molecule has 132 valence electrons. The van der Waals surface area contributed by atoms with Crippen LogP contribution < -0.4 is 16.1 Å². The Morgan fingerprint density at radius 2 is 1.85 bits per heavy atom. The second-order valence-electron chi connectivity index (χ2n) is 6.24. The number of halogens is 1. The van der Waals surface area contributed by atoms with Gasteiger partial charge in [0.05, 0.1) is 22.8 Å². The number of rotatable bonds is 3. The second-order valence-corrected chi connectivity index (χ2v) is 6.24. The third-order valence-corrected chi connectivity index (χ3v) is 4.52. The molecule has 1 aliphatic rings. The molecule has 7 heteroatoms. The van der Waals surface area contributed by atoms with Crippen molar-refractivity contribution in [3.63, 3.8) is 0 Å². The second kappa shape index (κ2) is 6.59. The predicted molar refractivity (Wildman–Crippen MR) is 99.7 cm³/mol. The van der Waals surface area contributed by atoms with Gasteiger partial charge in [-0.2, -0.15) is 5.10 Å². The van der Waals surface area contributed by atoms with Gasteiger partial charge in [0.15, 0.2) is 0 Å². The lowest BCUT2D eigenvalue weighted by Gasteiger charge is -2.18. The maximum atomic E-state index is 14.4. The molecule has 6 nitrogen and oxygen atoms in total. The minimum Gasteiger partial charge on any atom is -0.369 e. The highest BCUT2D eigenvalue weighted by Gasteiger charge is 2.16. The summed E-state index contributed by atoms with van der Waals surface area (Å²) in [5.74, 6) is -0.337. The number of benzene rings is 2. The number of hydrogen-bond acceptors (Lipinski definition) is 4. The van der Waals surface area contributed by atoms with E-state index < -0.39 is 11.2 Å². The Bertz CT molecular complexity index is 1110. The van der Waals surface area contributed by atoms with Gasteiger partial charge in [0.2, 0.25) is 0 Å². The van der Waals surface area contributed by atoms with Gasteiger partial charge in [0.25, 0.3) is 5.56 Å². The first-order valence-corrected chi connectivity index (χ1v) is 8.46. The molecule has 4 rings (SSSR count). The predicted octanol–water partition coefficient (Wildman–Crippen LogP) is 2.31. The summed E-state index contributed by atoms with van der Waals surface area (Å²) in [7, 11) is 0. The molecule has 1 fully saturated rings. The Labute approximate surface area is 148 Å². The van der Waals surface area contributed by atoms with Gasteiger partial charge in [-0.25, -0.2) is 9.18 Å². The van der Waals surface area contributed by atoms with Crippen LogP contribution in [0.25, 0.3) is 10.9 Å². The minimum atomic E-state index is -0.640. The average Bonchev–Trinajstić information content (AvgIpc) is 3.16. The molecule has 0 amide bonds. The van der Waals surface area contributed by atoms with Crippen LogP contribution in [0.1, 0.15) is 18.4 Å². The van der Waals surface area contributed by atoms with Crippen LogP contribution in [0.3, 0.4) is 0 Å². The van der Waals surface area contributed by atoms with Crippen LogP contribution in [0.2, 0.25) is 0 Å². The highest BCUT2D eigenvalue weighted by molar-refractivity contribution is 5.81. The molecule has 2 heterocycles. The summed E-state index contributed by atoms with van der Waals surface area (Å²) in [6, 6.07) is 11.5. The topological polar surface area (TPSA) is 70.5 Å². The van der Waals surface area contributed by atoms with Crippen molar-refractivity contribution in [3.8, 4) is 0 Å². The molecule has 1 aliphatic heterocycles. The van der Waals surface area contributed by atoms with Gasteiger partial charge in [-0.3, -0.25) is 4.79 Å². The monoisotopic (exact) mass is 352 g/mol. The van der Waals surface area contributed by atoms with Gasteiger partial charge in [0.1, 0.15) is 5.82 Å². The normalized spacial score (nSPS) is 14.6. The van der Waals surface area contributed by atoms with E-state index in [0.717, 1.165) is 30.6 Å². The standard InChI is InChI=1S/C19H17FN4O2/c20-15-11-13(7-8-17(15)23-9-3-4-10-23)12-21-24-18(25)14-5-1-2-6-16(14)22-19(24)26/h1-2,5-8,11-12H,3-4,9-10H2,(H,22,26). The molecule has 0 atom stereocenters. The lowest BCUT2D eigenvalue weighted by atomic mass is 10.2. The molecule has 0 radical (unpaired) electrons. The summed E-state index contributed by atoms with van der Waals surface area (Å²) >= 11 is 0. The summed E-state index contributed by atoms with van der Waals surface area (Å²) in [6.07, 6.45) is 3.44. The van der Waals surface area contributed by atoms with E-state index in [0.29, 0.717) is 22.2 Å². The molecule has 0 aliphatic carbocycles. The van der Waals surface area contributed by atoms with Crippen molar-refractivity contribution in [2.75, 3.05) is 18.0 Å². The van der Waals surface area contributed by atoms with Crippen molar-refractivity contribution in [2.24, 2.45) is 5.10 Å². The van der Waals surface area contributed by atoms with Crippen molar-refractivity contribution in [2.45, 2.75) is 12.8 Å². The number of hydrogen-bond donors (Lipinski definition) is 1. The van der Waals surface area contributed by atoms with E-state index in [1.165, 1.54) is 12.3 Å². The Kier molecular flexibility index (Phi) is 4.12. The smallest absolute Gasteiger partial charge is 0.349 e. The molecular weight excluding hydrogens is 335 g/mol. The molecule has 26 heavy (non-hydrogen) atoms. The molecule has 0 saturated carbocycles. The zero-order chi connectivity index (χ0) is 18.1. The lowest BCUT2D eigenvalue weighted by molar-refractivity contribution is 0.623. The molecule has 1 aromatic heterocycles. The Morgan fingerprint density at radius 1 is 1.08 bits per heavy atom. The summed E-state index contributed by atoms with van der Waals surface area (Å²) in [6.45, 7) is 1.71. The molecule has 0 spiro atoms. The summed E-state index contributed by atoms with van der Waals surface area (Å²) in [5.41, 5.74) is 0.342. The number of aromatic nitrogens is 2. The highest BCUT2D eigenvalue weighted by Crippen LogP contribution is 2.23. The highest BCUT2D eigenvalue weighted by atomic mass is 19.1. The largest absolute Gasteiger partial charge is 0.369 e. The van der Waals surface area contributed by atoms with E-state index in [-0.39, 0.29) is 5.82 Å². The average molecular weight is 352 g/mol. The maximum Gasteiger partial charge on any atom is 0.349 e. The van der Waals surface area contributed by atoms with E-state index >= 15 is 0 Å². The quantitative estimate of drug-likeness (QED) is 0.736. The maximum absolute atomic E-state index is 14.4. The molecule has 1 saturated heterocycles.